The number of benzene rings is 1. The lowest BCUT2D eigenvalue weighted by Crippen LogP contribution is -2.43. The van der Waals surface area contributed by atoms with Crippen LogP contribution in [0.3, 0.4) is 0 Å². The minimum absolute atomic E-state index is 0.0647. The number of aromatic nitrogens is 1. The Morgan fingerprint density at radius 2 is 1.91 bits per heavy atom. The SMILES string of the molecule is Bc1ccccc1S(=O)(=O)N1CCC(C2=NC3C(B)C=NN3C(NCc3cccnc3)=C2)CC1. The first-order chi connectivity index (χ1) is 16.4. The van der Waals surface area contributed by atoms with Crippen LogP contribution in [0.25, 0.3) is 0 Å². The molecule has 0 aliphatic carbocycles. The van der Waals surface area contributed by atoms with Crippen molar-refractivity contribution in [3.8, 4) is 0 Å². The van der Waals surface area contributed by atoms with Crippen molar-refractivity contribution in [1.29, 1.82) is 0 Å². The summed E-state index contributed by atoms with van der Waals surface area (Å²) in [6, 6.07) is 11.2. The average molecular weight is 474 g/mol. The van der Waals surface area contributed by atoms with Gasteiger partial charge in [0.05, 0.1) is 4.90 Å². The number of sulfonamides is 1. The molecule has 5 rings (SSSR count). The standard InChI is InChI=1S/C23H28B2N6O2S/c24-18-5-1-2-6-21(18)34(32,33)30-10-7-17(8-11-30)20-12-22(27-14-16-4-3-9-26-13-16)31-23(29-20)19(25)15-28-31/h1-6,9,12-13,15,17,19,23,27H,7-8,10-11,14,24-25H2. The number of nitrogens with zero attached hydrogens (tertiary/aromatic N) is 5. The van der Waals surface area contributed by atoms with Crippen molar-refractivity contribution >= 4 is 43.1 Å². The van der Waals surface area contributed by atoms with Gasteiger partial charge in [0.15, 0.2) is 0 Å². The van der Waals surface area contributed by atoms with Crippen LogP contribution in [0.15, 0.2) is 75.7 Å². The van der Waals surface area contributed by atoms with Gasteiger partial charge in [0.2, 0.25) is 10.0 Å². The summed E-state index contributed by atoms with van der Waals surface area (Å²) in [6.45, 7) is 1.63. The molecular weight excluding hydrogens is 446 g/mol. The van der Waals surface area contributed by atoms with Crippen molar-refractivity contribution in [3.63, 3.8) is 0 Å². The molecule has 34 heavy (non-hydrogen) atoms. The zero-order chi connectivity index (χ0) is 23.7. The maximum atomic E-state index is 13.2. The minimum atomic E-state index is -3.49. The van der Waals surface area contributed by atoms with Crippen molar-refractivity contribution in [3.05, 3.63) is 66.3 Å². The number of nitrogens with one attached hydrogen (secondary N) is 1. The second-order valence-electron chi connectivity index (χ2n) is 9.12. The maximum Gasteiger partial charge on any atom is 0.242 e. The lowest BCUT2D eigenvalue weighted by Gasteiger charge is -2.35. The number of pyridine rings is 1. The van der Waals surface area contributed by atoms with Crippen LogP contribution in [0, 0.1) is 5.92 Å². The molecule has 1 N–H and O–H groups in total. The van der Waals surface area contributed by atoms with Crippen molar-refractivity contribution in [2.45, 2.75) is 36.3 Å². The molecule has 1 fully saturated rings. The Kier molecular flexibility index (Phi) is 6.31. The number of hydrogen-bond acceptors (Lipinski definition) is 7. The highest BCUT2D eigenvalue weighted by atomic mass is 32.2. The molecule has 2 unspecified atom stereocenters. The average Bonchev–Trinajstić information content (AvgIpc) is 3.24. The number of piperidine rings is 1. The van der Waals surface area contributed by atoms with Crippen LogP contribution in [-0.2, 0) is 16.6 Å². The largest absolute Gasteiger partial charge is 0.366 e. The van der Waals surface area contributed by atoms with Crippen LogP contribution in [-0.4, -0.2) is 69.6 Å². The topological polar surface area (TPSA) is 90.3 Å². The third-order valence-corrected chi connectivity index (χ3v) is 8.80. The monoisotopic (exact) mass is 474 g/mol. The predicted octanol–water partition coefficient (Wildman–Crippen LogP) is -0.124. The van der Waals surface area contributed by atoms with Crippen LogP contribution in [0.2, 0.25) is 5.82 Å². The predicted molar refractivity (Wildman–Crippen MR) is 139 cm³/mol. The van der Waals surface area contributed by atoms with Gasteiger partial charge in [-0.3, -0.25) is 9.98 Å². The molecule has 174 valence electrons. The number of fused-ring (bicyclic) bond motifs is 1. The minimum Gasteiger partial charge on any atom is -0.366 e. The molecule has 0 saturated carbocycles. The summed E-state index contributed by atoms with van der Waals surface area (Å²) in [6.07, 6.45) is 9.07. The van der Waals surface area contributed by atoms with E-state index in [9.17, 15) is 8.42 Å². The quantitative estimate of drug-likeness (QED) is 0.590. The van der Waals surface area contributed by atoms with Crippen LogP contribution in [0.1, 0.15) is 18.4 Å². The molecule has 0 spiro atoms. The third-order valence-electron chi connectivity index (χ3n) is 6.74. The van der Waals surface area contributed by atoms with E-state index in [0.29, 0.717) is 24.5 Å². The molecule has 2 atom stereocenters. The first kappa shape index (κ1) is 22.9. The molecule has 3 aliphatic rings. The molecule has 0 bridgehead atoms. The Balaban J connectivity index is 1.31. The molecule has 2 aromatic rings. The number of hydrogen-bond donors (Lipinski definition) is 1. The lowest BCUT2D eigenvalue weighted by molar-refractivity contribution is 0.269. The van der Waals surface area contributed by atoms with E-state index in [-0.39, 0.29) is 17.9 Å². The number of aliphatic imine (C=N–C) groups is 1. The Hall–Kier alpha value is -2.91. The van der Waals surface area contributed by atoms with E-state index in [1.165, 1.54) is 0 Å². The van der Waals surface area contributed by atoms with Gasteiger partial charge in [-0.05, 0) is 30.5 Å². The van der Waals surface area contributed by atoms with E-state index in [2.05, 4.69) is 29.3 Å². The summed E-state index contributed by atoms with van der Waals surface area (Å²) >= 11 is 0. The maximum absolute atomic E-state index is 13.2. The first-order valence-corrected chi connectivity index (χ1v) is 13.2. The molecule has 3 aliphatic heterocycles. The van der Waals surface area contributed by atoms with Gasteiger partial charge < -0.3 is 5.32 Å². The molecule has 1 aromatic carbocycles. The summed E-state index contributed by atoms with van der Waals surface area (Å²) in [5.41, 5.74) is 2.90. The Labute approximate surface area is 202 Å². The van der Waals surface area contributed by atoms with Crippen molar-refractivity contribution < 1.29 is 8.42 Å². The summed E-state index contributed by atoms with van der Waals surface area (Å²) in [5.74, 6) is 1.35. The highest BCUT2D eigenvalue weighted by Crippen LogP contribution is 2.32. The Bertz CT molecular complexity index is 1240. The van der Waals surface area contributed by atoms with Gasteiger partial charge in [0.1, 0.15) is 27.7 Å². The highest BCUT2D eigenvalue weighted by Gasteiger charge is 2.37. The molecule has 4 heterocycles. The van der Waals surface area contributed by atoms with Gasteiger partial charge in [0, 0.05) is 61.8 Å². The summed E-state index contributed by atoms with van der Waals surface area (Å²) in [7, 11) is 0.478. The van der Waals surface area contributed by atoms with E-state index in [1.807, 2.05) is 49.5 Å². The molecule has 0 amide bonds. The normalized spacial score (nSPS) is 23.4. The smallest absolute Gasteiger partial charge is 0.242 e. The molecule has 1 saturated heterocycles. The molecule has 11 heteroatoms. The molecule has 8 nitrogen and oxygen atoms in total. The van der Waals surface area contributed by atoms with Gasteiger partial charge in [-0.25, -0.2) is 13.4 Å². The molecule has 1 aromatic heterocycles. The number of rotatable bonds is 6. The van der Waals surface area contributed by atoms with Gasteiger partial charge in [-0.1, -0.05) is 29.7 Å². The van der Waals surface area contributed by atoms with E-state index < -0.39 is 10.0 Å². The molecular formula is C23H28B2N6O2S. The van der Waals surface area contributed by atoms with E-state index in [4.69, 9.17) is 4.99 Å². The van der Waals surface area contributed by atoms with Crippen molar-refractivity contribution in [1.82, 2.24) is 19.6 Å². The zero-order valence-corrected chi connectivity index (χ0v) is 20.3. The number of hydrazone groups is 1. The van der Waals surface area contributed by atoms with Gasteiger partial charge in [-0.2, -0.15) is 9.41 Å². The fourth-order valence-electron chi connectivity index (χ4n) is 4.75. The molecule has 0 radical (unpaired) electrons. The zero-order valence-electron chi connectivity index (χ0n) is 19.5. The fourth-order valence-corrected chi connectivity index (χ4v) is 6.44. The van der Waals surface area contributed by atoms with Gasteiger partial charge >= 0.3 is 0 Å². The Morgan fingerprint density at radius 3 is 2.65 bits per heavy atom. The Morgan fingerprint density at radius 1 is 1.12 bits per heavy atom. The van der Waals surface area contributed by atoms with Gasteiger partial charge in [-0.15, -0.1) is 0 Å². The first-order valence-electron chi connectivity index (χ1n) is 11.7. The van der Waals surface area contributed by atoms with E-state index >= 15 is 0 Å². The second kappa shape index (κ2) is 9.38. The van der Waals surface area contributed by atoms with Gasteiger partial charge in [0.25, 0.3) is 0 Å². The third kappa shape index (κ3) is 4.42. The van der Waals surface area contributed by atoms with Crippen molar-refractivity contribution in [2.24, 2.45) is 16.0 Å². The van der Waals surface area contributed by atoms with Crippen LogP contribution >= 0.6 is 0 Å². The summed E-state index contributed by atoms with van der Waals surface area (Å²) in [4.78, 5) is 9.62. The summed E-state index contributed by atoms with van der Waals surface area (Å²) in [5, 5.41) is 10.0. The fraction of sp³-hybridized carbons (Fsp3) is 0.348. The van der Waals surface area contributed by atoms with Crippen molar-refractivity contribution in [2.75, 3.05) is 13.1 Å². The summed E-state index contributed by atoms with van der Waals surface area (Å²) < 4.78 is 28.0. The second-order valence-corrected chi connectivity index (χ2v) is 11.0. The number of allylic oxidation sites excluding steroid dienone is 1. The van der Waals surface area contributed by atoms with Crippen LogP contribution < -0.4 is 10.8 Å². The van der Waals surface area contributed by atoms with Crippen LogP contribution in [0.4, 0.5) is 0 Å². The highest BCUT2D eigenvalue weighted by molar-refractivity contribution is 7.89. The van der Waals surface area contributed by atoms with E-state index in [1.54, 1.807) is 22.6 Å². The lowest BCUT2D eigenvalue weighted by atomic mass is 9.85. The van der Waals surface area contributed by atoms with Crippen LogP contribution in [0.5, 0.6) is 0 Å². The van der Waals surface area contributed by atoms with E-state index in [0.717, 1.165) is 35.4 Å².